The fourth-order valence-corrected chi connectivity index (χ4v) is 7.90. The molecule has 0 N–H and O–H groups in total. The van der Waals surface area contributed by atoms with Crippen LogP contribution in [-0.2, 0) is 0 Å². The summed E-state index contributed by atoms with van der Waals surface area (Å²) in [6.07, 6.45) is 3.55. The Labute approximate surface area is 297 Å². The third-order valence-corrected chi connectivity index (χ3v) is 10.2. The van der Waals surface area contributed by atoms with Gasteiger partial charge in [-0.2, -0.15) is 9.97 Å². The van der Waals surface area contributed by atoms with E-state index in [-0.39, 0.29) is 0 Å². The van der Waals surface area contributed by atoms with Crippen molar-refractivity contribution in [3.63, 3.8) is 0 Å². The summed E-state index contributed by atoms with van der Waals surface area (Å²) in [5.74, 6) is 1.70. The lowest BCUT2D eigenvalue weighted by molar-refractivity contribution is 0.667. The van der Waals surface area contributed by atoms with Crippen molar-refractivity contribution in [3.8, 4) is 39.9 Å². The Bertz CT molecular complexity index is 3200. The molecule has 0 saturated heterocycles. The zero-order valence-electron chi connectivity index (χ0n) is 27.7. The maximum absolute atomic E-state index is 6.27. The molecule has 0 radical (unpaired) electrons. The maximum atomic E-state index is 6.27. The van der Waals surface area contributed by atoms with Crippen LogP contribution >= 0.6 is 0 Å². The second-order valence-corrected chi connectivity index (χ2v) is 13.0. The van der Waals surface area contributed by atoms with Crippen LogP contribution in [0.5, 0.6) is 0 Å². The van der Waals surface area contributed by atoms with Gasteiger partial charge in [-0.3, -0.25) is 9.55 Å². The molecule has 0 fully saturated rings. The van der Waals surface area contributed by atoms with Gasteiger partial charge < -0.3 is 4.42 Å². The van der Waals surface area contributed by atoms with E-state index in [1.54, 1.807) is 12.4 Å². The van der Waals surface area contributed by atoms with E-state index in [1.165, 1.54) is 5.39 Å². The third-order valence-electron chi connectivity index (χ3n) is 10.2. The molecule has 0 unspecified atom stereocenters. The molecule has 4 heterocycles. The van der Waals surface area contributed by atoms with Crippen LogP contribution < -0.4 is 0 Å². The average molecular weight is 666 g/mol. The Hall–Kier alpha value is -7.18. The molecule has 0 aliphatic heterocycles. The van der Waals surface area contributed by atoms with Gasteiger partial charge in [0.25, 0.3) is 0 Å². The SMILES string of the molecule is c1ccc(-c2cccc3c2c2ccccc2n3-c2nc(-c3cc4ccccc4c4ccccc34)nc(-c3cccc4oc5cnccc5c34)n2)cc1. The molecule has 0 spiro atoms. The van der Waals surface area contributed by atoms with E-state index < -0.39 is 0 Å². The first kappa shape index (κ1) is 28.6. The number of para-hydroxylation sites is 1. The van der Waals surface area contributed by atoms with Crippen LogP contribution in [0.1, 0.15) is 0 Å². The van der Waals surface area contributed by atoms with Crippen LogP contribution in [0.2, 0.25) is 0 Å². The molecule has 4 aromatic heterocycles. The number of furan rings is 1. The van der Waals surface area contributed by atoms with E-state index in [1.807, 2.05) is 18.2 Å². The first-order valence-electron chi connectivity index (χ1n) is 17.3. The molecule has 52 heavy (non-hydrogen) atoms. The minimum atomic E-state index is 0.542. The highest BCUT2D eigenvalue weighted by molar-refractivity contribution is 6.16. The van der Waals surface area contributed by atoms with Crippen molar-refractivity contribution in [1.29, 1.82) is 0 Å². The summed E-state index contributed by atoms with van der Waals surface area (Å²) < 4.78 is 8.46. The standard InChI is InChI=1S/C46H27N5O/c1-2-12-28(13-3-1)31-19-10-22-39-42(31)34-18-8-9-21-38(34)51(39)46-49-44(36-20-11-23-40-43(36)35-24-25-47-27-41(35)52-40)48-45(50-46)37-26-29-14-4-5-15-30(29)32-16-6-7-17-33(32)37/h1-27H. The fraction of sp³-hybridized carbons (Fsp3) is 0. The molecule has 6 nitrogen and oxygen atoms in total. The molecular formula is C46H27N5O. The lowest BCUT2D eigenvalue weighted by atomic mass is 9.97. The molecule has 6 heteroatoms. The number of pyridine rings is 1. The van der Waals surface area contributed by atoms with Crippen LogP contribution in [0.15, 0.2) is 168 Å². The predicted octanol–water partition coefficient (Wildman–Crippen LogP) is 11.6. The van der Waals surface area contributed by atoms with Crippen molar-refractivity contribution >= 4 is 65.3 Å². The van der Waals surface area contributed by atoms with Gasteiger partial charge in [0.2, 0.25) is 5.95 Å². The molecule has 0 amide bonds. The number of aromatic nitrogens is 5. The summed E-state index contributed by atoms with van der Waals surface area (Å²) >= 11 is 0. The number of hydrogen-bond acceptors (Lipinski definition) is 5. The van der Waals surface area contributed by atoms with Gasteiger partial charge >= 0.3 is 0 Å². The average Bonchev–Trinajstić information content (AvgIpc) is 3.77. The first-order chi connectivity index (χ1) is 25.8. The Balaban J connectivity index is 1.27. The quantitative estimate of drug-likeness (QED) is 0.175. The molecule has 0 aliphatic rings. The second-order valence-electron chi connectivity index (χ2n) is 13.0. The molecule has 242 valence electrons. The number of rotatable bonds is 4. The monoisotopic (exact) mass is 665 g/mol. The molecule has 0 saturated carbocycles. The van der Waals surface area contributed by atoms with Gasteiger partial charge in [0.1, 0.15) is 5.58 Å². The molecule has 0 bridgehead atoms. The Morgan fingerprint density at radius 3 is 2.02 bits per heavy atom. The van der Waals surface area contributed by atoms with E-state index in [4.69, 9.17) is 19.4 Å². The van der Waals surface area contributed by atoms with Crippen molar-refractivity contribution in [2.45, 2.75) is 0 Å². The normalized spacial score (nSPS) is 11.8. The highest BCUT2D eigenvalue weighted by Crippen LogP contribution is 2.41. The summed E-state index contributed by atoms with van der Waals surface area (Å²) in [5, 5.41) is 8.74. The van der Waals surface area contributed by atoms with Crippen LogP contribution in [0.3, 0.4) is 0 Å². The third kappa shape index (κ3) is 4.25. The molecule has 7 aromatic carbocycles. The number of nitrogens with zero attached hydrogens (tertiary/aromatic N) is 5. The van der Waals surface area contributed by atoms with Crippen molar-refractivity contribution in [2.75, 3.05) is 0 Å². The first-order valence-corrected chi connectivity index (χ1v) is 17.3. The largest absolute Gasteiger partial charge is 0.454 e. The van der Waals surface area contributed by atoms with Gasteiger partial charge in [-0.1, -0.05) is 121 Å². The number of benzene rings is 7. The van der Waals surface area contributed by atoms with Gasteiger partial charge in [-0.15, -0.1) is 0 Å². The van der Waals surface area contributed by atoms with Crippen LogP contribution in [-0.4, -0.2) is 24.5 Å². The Morgan fingerprint density at radius 1 is 0.442 bits per heavy atom. The number of hydrogen-bond donors (Lipinski definition) is 0. The van der Waals surface area contributed by atoms with Gasteiger partial charge in [-0.25, -0.2) is 4.98 Å². The van der Waals surface area contributed by atoms with Crippen LogP contribution in [0, 0.1) is 0 Å². The van der Waals surface area contributed by atoms with Crippen molar-refractivity contribution in [2.24, 2.45) is 0 Å². The maximum Gasteiger partial charge on any atom is 0.238 e. The smallest absolute Gasteiger partial charge is 0.238 e. The van der Waals surface area contributed by atoms with Crippen LogP contribution in [0.25, 0.3) is 105 Å². The molecule has 0 aliphatic carbocycles. The molecule has 11 rings (SSSR count). The highest BCUT2D eigenvalue weighted by atomic mass is 16.3. The molecule has 0 atom stereocenters. The topological polar surface area (TPSA) is 69.6 Å². The van der Waals surface area contributed by atoms with E-state index in [0.29, 0.717) is 17.6 Å². The second kappa shape index (κ2) is 11.2. The minimum absolute atomic E-state index is 0.542. The zero-order chi connectivity index (χ0) is 34.2. The summed E-state index contributed by atoms with van der Waals surface area (Å²) in [7, 11) is 0. The van der Waals surface area contributed by atoms with Crippen molar-refractivity contribution in [1.82, 2.24) is 24.5 Å². The van der Waals surface area contributed by atoms with Gasteiger partial charge in [0.15, 0.2) is 17.2 Å². The molecule has 11 aromatic rings. The van der Waals surface area contributed by atoms with E-state index >= 15 is 0 Å². The Kier molecular flexibility index (Phi) is 6.15. The highest BCUT2D eigenvalue weighted by Gasteiger charge is 2.22. The van der Waals surface area contributed by atoms with Gasteiger partial charge in [0.05, 0.1) is 17.2 Å². The summed E-state index contributed by atoms with van der Waals surface area (Å²) in [5.41, 5.74) is 7.63. The summed E-state index contributed by atoms with van der Waals surface area (Å²) in [6, 6.07) is 52.8. The molecular weight excluding hydrogens is 639 g/mol. The summed E-state index contributed by atoms with van der Waals surface area (Å²) in [4.78, 5) is 20.3. The van der Waals surface area contributed by atoms with Gasteiger partial charge in [-0.05, 0) is 63.0 Å². The minimum Gasteiger partial charge on any atom is -0.454 e. The lowest BCUT2D eigenvalue weighted by Gasteiger charge is -2.14. The van der Waals surface area contributed by atoms with Crippen LogP contribution in [0.4, 0.5) is 0 Å². The van der Waals surface area contributed by atoms with E-state index in [0.717, 1.165) is 82.2 Å². The van der Waals surface area contributed by atoms with E-state index in [2.05, 4.69) is 143 Å². The lowest BCUT2D eigenvalue weighted by Crippen LogP contribution is -2.06. The predicted molar refractivity (Wildman–Crippen MR) is 211 cm³/mol. The van der Waals surface area contributed by atoms with E-state index in [9.17, 15) is 0 Å². The van der Waals surface area contributed by atoms with Crippen molar-refractivity contribution < 1.29 is 4.42 Å². The van der Waals surface area contributed by atoms with Gasteiger partial charge in [0, 0.05) is 38.9 Å². The Morgan fingerprint density at radius 2 is 1.13 bits per heavy atom. The zero-order valence-corrected chi connectivity index (χ0v) is 27.7. The van der Waals surface area contributed by atoms with Crippen molar-refractivity contribution in [3.05, 3.63) is 164 Å². The summed E-state index contributed by atoms with van der Waals surface area (Å²) in [6.45, 7) is 0. The fourth-order valence-electron chi connectivity index (χ4n) is 7.90. The number of fused-ring (bicyclic) bond motifs is 9.